The van der Waals surface area contributed by atoms with Crippen LogP contribution in [0.5, 0.6) is 0 Å². The number of hydrogen-bond acceptors (Lipinski definition) is 0. The molecule has 0 nitrogen and oxygen atoms in total. The minimum Gasteiger partial charge on any atom is -0.0686 e. The molecule has 0 aromatic heterocycles. The summed E-state index contributed by atoms with van der Waals surface area (Å²) in [5.74, 6) is 0. The van der Waals surface area contributed by atoms with E-state index in [0.717, 1.165) is 0 Å². The van der Waals surface area contributed by atoms with E-state index in [1.54, 1.807) is 0 Å². The molecule has 0 aliphatic rings. The van der Waals surface area contributed by atoms with Crippen molar-refractivity contribution < 1.29 is 0 Å². The molecular formula is C7HI15. The first-order chi connectivity index (χ1) is 9.19. The lowest BCUT2D eigenvalue weighted by atomic mass is 10.1. The summed E-state index contributed by atoms with van der Waals surface area (Å²) in [4.78, 5) is 0. The maximum atomic E-state index is 2.71. The molecule has 0 atom stereocenters. The highest BCUT2D eigenvalue weighted by Gasteiger charge is 2.72. The normalized spacial score (nSPS) is 16.4. The van der Waals surface area contributed by atoms with Gasteiger partial charge in [-0.25, -0.2) is 0 Å². The fourth-order valence-electron chi connectivity index (χ4n) is 0.919. The molecule has 0 N–H and O–H groups in total. The fraction of sp³-hybridized carbons (Fsp3) is 1.00. The summed E-state index contributed by atoms with van der Waals surface area (Å²) in [6.45, 7) is 0. The van der Waals surface area contributed by atoms with Crippen LogP contribution >= 0.6 is 339 Å². The Labute approximate surface area is 336 Å². The Balaban J connectivity index is 6.24. The second-order valence-electron chi connectivity index (χ2n) is 3.72. The molecule has 0 radical (unpaired) electrons. The molecule has 0 aromatic rings. The molecule has 0 aromatic carbocycles. The van der Waals surface area contributed by atoms with Crippen LogP contribution in [0.25, 0.3) is 0 Å². The van der Waals surface area contributed by atoms with Crippen LogP contribution in [0.3, 0.4) is 0 Å². The maximum Gasteiger partial charge on any atom is 0.149 e. The SMILES string of the molecule is IC(I)C(I)(I)C(I)(I)C(I)(I)C(I)(I)C(I)(I)C(I)(I)I. The predicted molar refractivity (Wildman–Crippen MR) is 230 cm³/mol. The first-order valence-corrected chi connectivity index (χ1v) is 20.9. The van der Waals surface area contributed by atoms with Crippen molar-refractivity contribution in [3.05, 3.63) is 0 Å². The smallest absolute Gasteiger partial charge is 0.0686 e. The quantitative estimate of drug-likeness (QED) is 0.184. The summed E-state index contributed by atoms with van der Waals surface area (Å²) in [6.07, 6.45) is 0. The molecule has 0 fully saturated rings. The lowest BCUT2D eigenvalue weighted by Crippen LogP contribution is -2.63. The molecule has 0 aliphatic carbocycles. The molecule has 15 heteroatoms. The van der Waals surface area contributed by atoms with E-state index in [2.05, 4.69) is 339 Å². The standard InChI is InChI=1S/C7HI15/c8-1(9)2(10,11)3(12,13)4(14,15)5(16,17)6(18,19)7(20,21)22/h1H. The largest absolute Gasteiger partial charge is 0.149 e. The summed E-state index contributed by atoms with van der Waals surface area (Å²) in [5.41, 5.74) is 0. The van der Waals surface area contributed by atoms with Crippen LogP contribution in [0.1, 0.15) is 0 Å². The molecular weight excluding hydrogens is 1990 g/mol. The minimum atomic E-state index is 0.0316. The third-order valence-corrected chi connectivity index (χ3v) is 49.9. The van der Waals surface area contributed by atoms with Gasteiger partial charge < -0.3 is 0 Å². The topological polar surface area (TPSA) is 0 Å². The molecule has 0 unspecified atom stereocenters. The van der Waals surface area contributed by atoms with Crippen molar-refractivity contribution in [3.8, 4) is 0 Å². The average molecular weight is 1990 g/mol. The van der Waals surface area contributed by atoms with Gasteiger partial charge in [0.25, 0.3) is 0 Å². The predicted octanol–water partition coefficient (Wildman–Crippen LogP) is 12.0. The fourth-order valence-corrected chi connectivity index (χ4v) is 21.1. The zero-order valence-electron chi connectivity index (χ0n) is 9.25. The van der Waals surface area contributed by atoms with Crippen LogP contribution in [0, 0.1) is 0 Å². The second-order valence-corrected chi connectivity index (χ2v) is 46.3. The summed E-state index contributed by atoms with van der Waals surface area (Å²) in [7, 11) is 0. The van der Waals surface area contributed by atoms with Crippen molar-refractivity contribution in [2.45, 2.75) is 8.51 Å². The highest BCUT2D eigenvalue weighted by Crippen LogP contribution is 2.76. The molecule has 0 amide bonds. The molecule has 0 rings (SSSR count). The van der Waals surface area contributed by atoms with Gasteiger partial charge in [-0.05, 0) is 0 Å². The van der Waals surface area contributed by atoms with Crippen LogP contribution < -0.4 is 0 Å². The number of hydrogen-bond donors (Lipinski definition) is 0. The zero-order chi connectivity index (χ0) is 18.6. The van der Waals surface area contributed by atoms with E-state index < -0.39 is 0 Å². The van der Waals surface area contributed by atoms with Gasteiger partial charge in [-0.2, -0.15) is 0 Å². The van der Waals surface area contributed by atoms with Crippen molar-refractivity contribution in [1.82, 2.24) is 0 Å². The van der Waals surface area contributed by atoms with E-state index in [-0.39, 0.29) is 6.58 Å². The average Bonchev–Trinajstić information content (AvgIpc) is 2.25. The van der Waals surface area contributed by atoms with Crippen molar-refractivity contribution >= 4 is 339 Å². The van der Waals surface area contributed by atoms with Gasteiger partial charge in [-0.1, -0.05) is 339 Å². The molecule has 134 valence electrons. The molecule has 0 aliphatic heterocycles. The Bertz CT molecular complexity index is 401. The van der Waals surface area contributed by atoms with Crippen molar-refractivity contribution in [2.75, 3.05) is 0 Å². The highest BCUT2D eigenvalue weighted by molar-refractivity contribution is 14.3. The van der Waals surface area contributed by atoms with Gasteiger partial charge in [-0.3, -0.25) is 0 Å². The Hall–Kier alpha value is 11.0. The third-order valence-electron chi connectivity index (χ3n) is 2.23. The van der Waals surface area contributed by atoms with E-state index in [1.807, 2.05) is 0 Å². The summed E-state index contributed by atoms with van der Waals surface area (Å²) in [6, 6.07) is 0. The Morgan fingerprint density at radius 3 is 0.909 bits per heavy atom. The molecule has 22 heavy (non-hydrogen) atoms. The van der Waals surface area contributed by atoms with Crippen molar-refractivity contribution in [3.63, 3.8) is 0 Å². The highest BCUT2D eigenvalue weighted by atomic mass is 127. The second kappa shape index (κ2) is 12.3. The van der Waals surface area contributed by atoms with Gasteiger partial charge in [0.1, 0.15) is 6.58 Å². The van der Waals surface area contributed by atoms with E-state index in [0.29, 0.717) is 1.93 Å². The molecule has 0 saturated carbocycles. The van der Waals surface area contributed by atoms with Gasteiger partial charge in [0, 0.05) is 0 Å². The van der Waals surface area contributed by atoms with Crippen LogP contribution in [-0.4, -0.2) is 8.51 Å². The lowest BCUT2D eigenvalue weighted by Gasteiger charge is -2.55. The summed E-state index contributed by atoms with van der Waals surface area (Å²) >= 11 is 39.7. The van der Waals surface area contributed by atoms with Crippen LogP contribution in [0.2, 0.25) is 0 Å². The van der Waals surface area contributed by atoms with E-state index in [9.17, 15) is 0 Å². The first kappa shape index (κ1) is 33.0. The Morgan fingerprint density at radius 1 is 0.409 bits per heavy atom. The minimum absolute atomic E-state index is 0.0316. The third kappa shape index (κ3) is 7.23. The van der Waals surface area contributed by atoms with Crippen molar-refractivity contribution in [1.29, 1.82) is 0 Å². The van der Waals surface area contributed by atoms with Gasteiger partial charge >= 0.3 is 0 Å². The first-order valence-electron chi connectivity index (χ1n) is 4.43. The Morgan fingerprint density at radius 2 is 0.682 bits per heavy atom. The van der Waals surface area contributed by atoms with Crippen LogP contribution in [0.4, 0.5) is 0 Å². The van der Waals surface area contributed by atoms with E-state index in [4.69, 9.17) is 0 Å². The monoisotopic (exact) mass is 1990 g/mol. The zero-order valence-corrected chi connectivity index (χ0v) is 41.6. The Kier molecular flexibility index (Phi) is 18.4. The molecule has 0 saturated heterocycles. The molecule has 0 spiro atoms. The summed E-state index contributed by atoms with van der Waals surface area (Å²) in [5, 5.41) is 0. The van der Waals surface area contributed by atoms with Gasteiger partial charge in [0.05, 0.1) is 1.93 Å². The maximum absolute atomic E-state index is 2.71. The van der Waals surface area contributed by atoms with Gasteiger partial charge in [0.2, 0.25) is 0 Å². The van der Waals surface area contributed by atoms with Crippen LogP contribution in [-0.2, 0) is 0 Å². The molecule has 0 heterocycles. The summed E-state index contributed by atoms with van der Waals surface area (Å²) < 4.78 is 0.968. The molecule has 0 bridgehead atoms. The van der Waals surface area contributed by atoms with Gasteiger partial charge in [-0.15, -0.1) is 0 Å². The van der Waals surface area contributed by atoms with E-state index >= 15 is 0 Å². The number of alkyl halides is 15. The number of rotatable bonds is 6. The van der Waals surface area contributed by atoms with Gasteiger partial charge in [0.15, 0.2) is 0 Å². The van der Waals surface area contributed by atoms with Crippen molar-refractivity contribution in [2.24, 2.45) is 0 Å². The lowest BCUT2D eigenvalue weighted by molar-refractivity contribution is 0.731. The van der Waals surface area contributed by atoms with Crippen LogP contribution in [0.15, 0.2) is 0 Å². The van der Waals surface area contributed by atoms with E-state index in [1.165, 1.54) is 0 Å². The number of halogens is 15.